The van der Waals surface area contributed by atoms with Crippen LogP contribution in [0.1, 0.15) is 53.0 Å². The summed E-state index contributed by atoms with van der Waals surface area (Å²) in [6.07, 6.45) is 2.35. The molecule has 0 atom stereocenters. The van der Waals surface area contributed by atoms with Crippen molar-refractivity contribution in [3.63, 3.8) is 0 Å². The van der Waals surface area contributed by atoms with Crippen LogP contribution in [0.5, 0.6) is 0 Å². The number of likely N-dealkylation sites (N-methyl/N-ethyl adjacent to an activating group) is 1. The first kappa shape index (κ1) is 21.3. The zero-order chi connectivity index (χ0) is 18.3. The molecule has 1 aromatic carbocycles. The molecule has 4 nitrogen and oxygen atoms in total. The first-order valence-corrected chi connectivity index (χ1v) is 9.49. The molecule has 0 spiro atoms. The number of rotatable bonds is 11. The molecule has 0 aliphatic heterocycles. The molecule has 1 aromatic rings. The first-order chi connectivity index (χ1) is 11.2. The third kappa shape index (κ3) is 5.64. The third-order valence-corrected chi connectivity index (χ3v) is 4.61. The van der Waals surface area contributed by atoms with Gasteiger partial charge in [0.25, 0.3) is 0 Å². The lowest BCUT2D eigenvalue weighted by Gasteiger charge is -2.30. The van der Waals surface area contributed by atoms with Gasteiger partial charge in [-0.05, 0) is 31.3 Å². The molecule has 0 heterocycles. The quantitative estimate of drug-likeness (QED) is 0.448. The second kappa shape index (κ2) is 9.64. The van der Waals surface area contributed by atoms with Crippen molar-refractivity contribution in [1.82, 2.24) is 4.90 Å². The molecular formula is C19H34N2O2S. The van der Waals surface area contributed by atoms with Crippen LogP contribution in [-0.2, 0) is 10.2 Å². The molecule has 1 rings (SSSR count). The molecule has 138 valence electrons. The van der Waals surface area contributed by atoms with E-state index in [2.05, 4.69) is 39.5 Å². The van der Waals surface area contributed by atoms with Gasteiger partial charge >= 0.3 is 0 Å². The molecule has 0 amide bonds. The van der Waals surface area contributed by atoms with E-state index in [-0.39, 0.29) is 10.8 Å². The van der Waals surface area contributed by atoms with Crippen LogP contribution < -0.4 is 10.3 Å². The van der Waals surface area contributed by atoms with Gasteiger partial charge in [0.15, 0.2) is 0 Å². The summed E-state index contributed by atoms with van der Waals surface area (Å²) >= 11 is 5.23. The molecule has 0 N–H and O–H groups in total. The molecule has 0 bridgehead atoms. The van der Waals surface area contributed by atoms with Gasteiger partial charge in [-0.25, -0.2) is 0 Å². The van der Waals surface area contributed by atoms with E-state index < -0.39 is 0 Å². The Balaban J connectivity index is 2.43. The van der Waals surface area contributed by atoms with Gasteiger partial charge in [-0.2, -0.15) is 0 Å². The fraction of sp³-hybridized carbons (Fsp3) is 0.789. The topological polar surface area (TPSA) is 32.8 Å². The van der Waals surface area contributed by atoms with Gasteiger partial charge in [-0.3, -0.25) is 4.79 Å². The average Bonchev–Trinajstić information content (AvgIpc) is 2.50. The Labute approximate surface area is 152 Å². The lowest BCUT2D eigenvalue weighted by atomic mass is 9.82. The summed E-state index contributed by atoms with van der Waals surface area (Å²) in [7, 11) is 1.95. The minimum absolute atomic E-state index is 0.00879. The van der Waals surface area contributed by atoms with E-state index in [4.69, 9.17) is 17.0 Å². The summed E-state index contributed by atoms with van der Waals surface area (Å²) in [5.41, 5.74) is 1.71. The van der Waals surface area contributed by atoms with Crippen molar-refractivity contribution < 1.29 is 4.74 Å². The smallest absolute Gasteiger partial charge is 0.220 e. The Morgan fingerprint density at radius 3 is 2.04 bits per heavy atom. The Morgan fingerprint density at radius 1 is 1.00 bits per heavy atom. The van der Waals surface area contributed by atoms with E-state index in [1.165, 1.54) is 12.8 Å². The second-order valence-corrected chi connectivity index (χ2v) is 7.92. The molecule has 0 aromatic heterocycles. The zero-order valence-electron chi connectivity index (χ0n) is 16.3. The van der Waals surface area contributed by atoms with Crippen LogP contribution in [-0.4, -0.2) is 51.3 Å². The van der Waals surface area contributed by atoms with Crippen LogP contribution >= 0.6 is 12.2 Å². The molecule has 0 aliphatic carbocycles. The van der Waals surface area contributed by atoms with Gasteiger partial charge in [0.05, 0.1) is 23.4 Å². The summed E-state index contributed by atoms with van der Waals surface area (Å²) in [5.74, 6) is 0. The Hall–Kier alpha value is -0.780. The Bertz CT molecular complexity index is 565. The molecule has 0 aliphatic rings. The van der Waals surface area contributed by atoms with Gasteiger partial charge in [-0.1, -0.05) is 46.8 Å². The standard InChI is InChI=1S/C19H34N2O2S/c1-7-9-21(10-8-2)12-14-23-13-11-20(6)16-15(19(3,4)5)18(24)17(16)22/h7-14H2,1-6H3. The predicted molar refractivity (Wildman–Crippen MR) is 106 cm³/mol. The molecule has 0 saturated carbocycles. The number of ether oxygens (including phenoxy) is 1. The van der Waals surface area contributed by atoms with E-state index in [0.717, 1.165) is 37.5 Å². The average molecular weight is 355 g/mol. The maximum atomic E-state index is 12.1. The molecular weight excluding hydrogens is 320 g/mol. The molecule has 5 heteroatoms. The van der Waals surface area contributed by atoms with E-state index in [9.17, 15) is 4.79 Å². The van der Waals surface area contributed by atoms with Crippen LogP contribution in [0.15, 0.2) is 4.79 Å². The van der Waals surface area contributed by atoms with Gasteiger partial charge in [0.1, 0.15) is 0 Å². The summed E-state index contributed by atoms with van der Waals surface area (Å²) in [6, 6.07) is 0. The maximum Gasteiger partial charge on any atom is 0.220 e. The molecule has 0 saturated heterocycles. The van der Waals surface area contributed by atoms with Crippen LogP contribution in [0.3, 0.4) is 0 Å². The Kier molecular flexibility index (Phi) is 8.54. The van der Waals surface area contributed by atoms with Crippen molar-refractivity contribution in [2.75, 3.05) is 51.3 Å². The van der Waals surface area contributed by atoms with Crippen molar-refractivity contribution >= 4 is 17.9 Å². The van der Waals surface area contributed by atoms with Crippen LogP contribution in [0.25, 0.3) is 0 Å². The van der Waals surface area contributed by atoms with Crippen LogP contribution in [0, 0.1) is 4.51 Å². The second-order valence-electron chi connectivity index (χ2n) is 7.51. The van der Waals surface area contributed by atoms with E-state index in [0.29, 0.717) is 17.7 Å². The van der Waals surface area contributed by atoms with E-state index >= 15 is 0 Å². The van der Waals surface area contributed by atoms with E-state index in [1.54, 1.807) is 0 Å². The van der Waals surface area contributed by atoms with Crippen LogP contribution in [0.4, 0.5) is 5.69 Å². The fourth-order valence-corrected chi connectivity index (χ4v) is 3.52. The highest BCUT2D eigenvalue weighted by molar-refractivity contribution is 7.71. The number of nitrogens with zero attached hydrogens (tertiary/aromatic N) is 2. The maximum absolute atomic E-state index is 12.1. The largest absolute Gasteiger partial charge is 0.378 e. The number of anilines is 1. The minimum atomic E-state index is -0.0871. The van der Waals surface area contributed by atoms with Crippen molar-refractivity contribution in [3.05, 3.63) is 20.3 Å². The minimum Gasteiger partial charge on any atom is -0.378 e. The molecule has 0 radical (unpaired) electrons. The molecule has 24 heavy (non-hydrogen) atoms. The molecule has 0 fully saturated rings. The van der Waals surface area contributed by atoms with Gasteiger partial charge in [0, 0.05) is 25.7 Å². The van der Waals surface area contributed by atoms with Crippen molar-refractivity contribution in [1.29, 1.82) is 0 Å². The van der Waals surface area contributed by atoms with Gasteiger partial charge in [-0.15, -0.1) is 0 Å². The summed E-state index contributed by atoms with van der Waals surface area (Å²) in [6.45, 7) is 16.0. The lowest BCUT2D eigenvalue weighted by molar-refractivity contribution is 0.108. The Morgan fingerprint density at radius 2 is 1.54 bits per heavy atom. The lowest BCUT2D eigenvalue weighted by Crippen LogP contribution is -2.36. The molecule has 0 unspecified atom stereocenters. The summed E-state index contributed by atoms with van der Waals surface area (Å²) < 4.78 is 6.28. The predicted octanol–water partition coefficient (Wildman–Crippen LogP) is 3.52. The van der Waals surface area contributed by atoms with Crippen molar-refractivity contribution in [2.45, 2.75) is 52.9 Å². The highest BCUT2D eigenvalue weighted by Crippen LogP contribution is 2.32. The monoisotopic (exact) mass is 354 g/mol. The first-order valence-electron chi connectivity index (χ1n) is 9.09. The number of hydrogen-bond donors (Lipinski definition) is 0. The van der Waals surface area contributed by atoms with Gasteiger partial charge < -0.3 is 14.5 Å². The summed E-state index contributed by atoms with van der Waals surface area (Å²) in [5, 5.41) is 0. The SMILES string of the molecule is CCCN(CCC)CCOCCN(C)c1c(C(C)(C)C)c(=S)c1=O. The van der Waals surface area contributed by atoms with Crippen molar-refractivity contribution in [2.24, 2.45) is 0 Å². The highest BCUT2D eigenvalue weighted by Gasteiger charge is 2.29. The van der Waals surface area contributed by atoms with Crippen molar-refractivity contribution in [3.8, 4) is 0 Å². The normalized spacial score (nSPS) is 12.3. The number of hydrogen-bond acceptors (Lipinski definition) is 5. The summed E-state index contributed by atoms with van der Waals surface area (Å²) in [4.78, 5) is 16.5. The van der Waals surface area contributed by atoms with E-state index in [1.807, 2.05) is 11.9 Å². The van der Waals surface area contributed by atoms with Crippen LogP contribution in [0.2, 0.25) is 0 Å². The highest BCUT2D eigenvalue weighted by atomic mass is 32.1. The fourth-order valence-electron chi connectivity index (χ4n) is 3.02. The van der Waals surface area contributed by atoms with Gasteiger partial charge in [0.2, 0.25) is 5.43 Å². The third-order valence-electron chi connectivity index (χ3n) is 4.22. The zero-order valence-corrected chi connectivity index (χ0v) is 17.1.